The van der Waals surface area contributed by atoms with E-state index in [2.05, 4.69) is 9.88 Å². The van der Waals surface area contributed by atoms with Crippen LogP contribution in [-0.2, 0) is 21.2 Å². The number of oxime groups is 1. The molecule has 0 spiro atoms. The maximum atomic E-state index is 13.8. The maximum absolute atomic E-state index is 13.8. The van der Waals surface area contributed by atoms with Gasteiger partial charge in [0.1, 0.15) is 10.6 Å². The third kappa shape index (κ3) is 7.81. The van der Waals surface area contributed by atoms with Crippen LogP contribution < -0.4 is 10.5 Å². The number of piperazine rings is 1. The number of sulfonamides is 1. The van der Waals surface area contributed by atoms with Crippen molar-refractivity contribution in [3.63, 3.8) is 0 Å². The highest BCUT2D eigenvalue weighted by molar-refractivity contribution is 7.89. The summed E-state index contributed by atoms with van der Waals surface area (Å²) in [6.45, 7) is 6.58. The van der Waals surface area contributed by atoms with Gasteiger partial charge in [-0.05, 0) is 69.2 Å². The Morgan fingerprint density at radius 3 is 2.37 bits per heavy atom. The first-order chi connectivity index (χ1) is 21.8. The highest BCUT2D eigenvalue weighted by Crippen LogP contribution is 2.30. The Morgan fingerprint density at radius 1 is 1.00 bits per heavy atom. The zero-order valence-corrected chi connectivity index (χ0v) is 27.3. The minimum absolute atomic E-state index is 0.0632. The molecule has 2 amide bonds. The summed E-state index contributed by atoms with van der Waals surface area (Å²) < 4.78 is 36.8. The maximum Gasteiger partial charge on any atom is 0.410 e. The van der Waals surface area contributed by atoms with E-state index < -0.39 is 27.8 Å². The van der Waals surface area contributed by atoms with Crippen molar-refractivity contribution in [1.82, 2.24) is 19.5 Å². The number of amides is 2. The van der Waals surface area contributed by atoms with Crippen LogP contribution in [0.5, 0.6) is 0 Å². The van der Waals surface area contributed by atoms with Gasteiger partial charge >= 0.3 is 6.09 Å². The first kappa shape index (κ1) is 32.9. The average molecular weight is 665 g/mol. The molecule has 4 aromatic rings. The van der Waals surface area contributed by atoms with E-state index in [1.165, 1.54) is 29.5 Å². The summed E-state index contributed by atoms with van der Waals surface area (Å²) in [6.07, 6.45) is -0.204. The normalized spacial score (nSPS) is 15.2. The van der Waals surface area contributed by atoms with Gasteiger partial charge in [-0.15, -0.1) is 11.3 Å². The van der Waals surface area contributed by atoms with Crippen molar-refractivity contribution in [2.75, 3.05) is 26.2 Å². The van der Waals surface area contributed by atoms with Gasteiger partial charge in [0.25, 0.3) is 5.91 Å². The van der Waals surface area contributed by atoms with Crippen molar-refractivity contribution < 1.29 is 28.0 Å². The Labute approximate surface area is 271 Å². The molecule has 0 aliphatic carbocycles. The Bertz CT molecular complexity index is 1840. The van der Waals surface area contributed by atoms with Gasteiger partial charge in [-0.2, -0.15) is 0 Å². The van der Waals surface area contributed by atoms with Crippen molar-refractivity contribution >= 4 is 49.4 Å². The van der Waals surface area contributed by atoms with Gasteiger partial charge in [-0.25, -0.2) is 22.9 Å². The number of carbonyl (C=O) groups is 2. The molecule has 12 nitrogen and oxygen atoms in total. The van der Waals surface area contributed by atoms with Gasteiger partial charge in [-0.3, -0.25) is 4.79 Å². The van der Waals surface area contributed by atoms with E-state index in [0.29, 0.717) is 23.7 Å². The molecule has 0 bridgehead atoms. The highest BCUT2D eigenvalue weighted by atomic mass is 32.2. The van der Waals surface area contributed by atoms with E-state index >= 15 is 0 Å². The molecule has 46 heavy (non-hydrogen) atoms. The number of ether oxygens (including phenoxy) is 1. The monoisotopic (exact) mass is 664 g/mol. The van der Waals surface area contributed by atoms with E-state index in [1.54, 1.807) is 54.8 Å². The van der Waals surface area contributed by atoms with Crippen LogP contribution in [0.2, 0.25) is 0 Å². The van der Waals surface area contributed by atoms with E-state index in [9.17, 15) is 18.0 Å². The van der Waals surface area contributed by atoms with Crippen LogP contribution in [0, 0.1) is 0 Å². The Kier molecular flexibility index (Phi) is 9.60. The van der Waals surface area contributed by atoms with Crippen molar-refractivity contribution in [3.8, 4) is 0 Å². The number of rotatable bonds is 8. The summed E-state index contributed by atoms with van der Waals surface area (Å²) >= 11 is 1.38. The number of hydrogen-bond acceptors (Lipinski definition) is 9. The smallest absolute Gasteiger partial charge is 0.410 e. The molecule has 1 fully saturated rings. The van der Waals surface area contributed by atoms with Crippen LogP contribution in [0.3, 0.4) is 0 Å². The van der Waals surface area contributed by atoms with Crippen molar-refractivity contribution in [3.05, 3.63) is 94.5 Å². The van der Waals surface area contributed by atoms with Crippen molar-refractivity contribution in [2.24, 2.45) is 10.9 Å². The lowest BCUT2D eigenvalue weighted by molar-refractivity contribution is 0.0141. The molecule has 1 aromatic heterocycles. The lowest BCUT2D eigenvalue weighted by Gasteiger charge is -2.35. The molecule has 1 unspecified atom stereocenters. The summed E-state index contributed by atoms with van der Waals surface area (Å²) in [4.78, 5) is 33.6. The lowest BCUT2D eigenvalue weighted by Crippen LogP contribution is -2.51. The molecule has 0 radical (unpaired) electrons. The Hall–Kier alpha value is -4.53. The second-order valence-electron chi connectivity index (χ2n) is 11.9. The minimum atomic E-state index is -4.13. The molecule has 1 saturated heterocycles. The van der Waals surface area contributed by atoms with Crippen LogP contribution in [0.4, 0.5) is 4.79 Å². The van der Waals surface area contributed by atoms with Crippen LogP contribution >= 0.6 is 11.3 Å². The van der Waals surface area contributed by atoms with Gasteiger partial charge in [0.2, 0.25) is 10.0 Å². The molecule has 2 heterocycles. The first-order valence-electron chi connectivity index (χ1n) is 14.6. The minimum Gasteiger partial charge on any atom is -0.444 e. The zero-order chi connectivity index (χ0) is 33.1. The Balaban J connectivity index is 1.36. The third-order valence-electron chi connectivity index (χ3n) is 7.29. The topological polar surface area (TPSA) is 168 Å². The predicted octanol–water partition coefficient (Wildman–Crippen LogP) is 4.35. The fourth-order valence-electron chi connectivity index (χ4n) is 5.02. The zero-order valence-electron chi connectivity index (χ0n) is 25.7. The van der Waals surface area contributed by atoms with Gasteiger partial charge in [-0.1, -0.05) is 41.6 Å². The second kappa shape index (κ2) is 13.4. The SMILES string of the molecule is CC(C)(C)OC(=O)N1CCN(C(=O)c2cccc(S(=O)(=O)NC(Cc3cccc(C(N)=NO)c3)c3nc4ccccc4s3)c2)CC1. The number of fused-ring (bicyclic) bond motifs is 1. The van der Waals surface area contributed by atoms with E-state index in [4.69, 9.17) is 20.7 Å². The lowest BCUT2D eigenvalue weighted by atomic mass is 10.0. The summed E-state index contributed by atoms with van der Waals surface area (Å²) in [5.74, 6) is -0.393. The third-order valence-corrected chi connectivity index (χ3v) is 9.91. The number of thiazole rings is 1. The van der Waals surface area contributed by atoms with E-state index in [1.807, 2.05) is 30.3 Å². The molecule has 4 N–H and O–H groups in total. The second-order valence-corrected chi connectivity index (χ2v) is 14.6. The van der Waals surface area contributed by atoms with Crippen LogP contribution in [0.1, 0.15) is 53.3 Å². The summed E-state index contributed by atoms with van der Waals surface area (Å²) in [5.41, 5.74) is 7.37. The Morgan fingerprint density at radius 2 is 1.67 bits per heavy atom. The molecule has 5 rings (SSSR count). The molecular formula is C32H36N6O6S2. The molecule has 0 saturated carbocycles. The predicted molar refractivity (Wildman–Crippen MR) is 175 cm³/mol. The molecule has 242 valence electrons. The molecular weight excluding hydrogens is 629 g/mol. The fourth-order valence-corrected chi connectivity index (χ4v) is 7.36. The largest absolute Gasteiger partial charge is 0.444 e. The quantitative estimate of drug-likeness (QED) is 0.108. The molecule has 1 aliphatic rings. The molecule has 1 atom stereocenters. The number of benzene rings is 3. The summed E-state index contributed by atoms with van der Waals surface area (Å²) in [7, 11) is -4.13. The van der Waals surface area contributed by atoms with Gasteiger partial charge < -0.3 is 25.5 Å². The fraction of sp³-hybridized carbons (Fsp3) is 0.312. The number of aromatic nitrogens is 1. The number of para-hydroxylation sites is 1. The van der Waals surface area contributed by atoms with Crippen molar-refractivity contribution in [2.45, 2.75) is 43.7 Å². The van der Waals surface area contributed by atoms with E-state index in [-0.39, 0.29) is 41.7 Å². The number of nitrogens with zero attached hydrogens (tertiary/aromatic N) is 4. The number of nitrogens with one attached hydrogen (secondary N) is 1. The molecule has 1 aliphatic heterocycles. The molecule has 14 heteroatoms. The van der Waals surface area contributed by atoms with Crippen LogP contribution in [0.15, 0.2) is 82.8 Å². The van der Waals surface area contributed by atoms with Crippen LogP contribution in [-0.4, -0.2) is 78.0 Å². The first-order valence-corrected chi connectivity index (χ1v) is 16.9. The van der Waals surface area contributed by atoms with Gasteiger partial charge in [0.15, 0.2) is 5.84 Å². The number of amidine groups is 1. The van der Waals surface area contributed by atoms with Crippen molar-refractivity contribution in [1.29, 1.82) is 0 Å². The number of nitrogens with two attached hydrogens (primary N) is 1. The van der Waals surface area contributed by atoms with Gasteiger partial charge in [0.05, 0.1) is 21.2 Å². The number of carbonyl (C=O) groups excluding carboxylic acids is 2. The van der Waals surface area contributed by atoms with Gasteiger partial charge in [0, 0.05) is 37.3 Å². The standard InChI is InChI=1S/C32H36N6O6S2/c1-32(2,3)44-31(40)38-16-14-37(15-17-38)30(39)23-10-7-11-24(20-23)46(42,43)36-26(29-34-25-12-4-5-13-27(25)45-29)19-21-8-6-9-22(18-21)28(33)35-41/h4-13,18,20,26,36,41H,14-17,19H2,1-3H3,(H2,33,35). The molecule has 3 aromatic carbocycles. The van der Waals surface area contributed by atoms with E-state index in [0.717, 1.165) is 15.8 Å². The highest BCUT2D eigenvalue weighted by Gasteiger charge is 2.30. The average Bonchev–Trinajstić information content (AvgIpc) is 3.48. The summed E-state index contributed by atoms with van der Waals surface area (Å²) in [5, 5.41) is 12.8. The van der Waals surface area contributed by atoms with Crippen LogP contribution in [0.25, 0.3) is 10.2 Å². The summed E-state index contributed by atoms with van der Waals surface area (Å²) in [6, 6.07) is 19.7. The number of hydrogen-bond donors (Lipinski definition) is 3.